The molecule has 0 saturated carbocycles. The fourth-order valence-electron chi connectivity index (χ4n) is 3.20. The number of nitrogens with zero attached hydrogens (tertiary/aromatic N) is 3. The van der Waals surface area contributed by atoms with Crippen LogP contribution in [0.15, 0.2) is 46.8 Å². The smallest absolute Gasteiger partial charge is 0.221 e. The summed E-state index contributed by atoms with van der Waals surface area (Å²) in [7, 11) is 1.84. The summed E-state index contributed by atoms with van der Waals surface area (Å²) < 4.78 is 0. The summed E-state index contributed by atoms with van der Waals surface area (Å²) >= 11 is 1.80. The van der Waals surface area contributed by atoms with Gasteiger partial charge in [-0.05, 0) is 41.6 Å². The second-order valence-corrected chi connectivity index (χ2v) is 7.45. The van der Waals surface area contributed by atoms with E-state index in [0.29, 0.717) is 0 Å². The van der Waals surface area contributed by atoms with Gasteiger partial charge in [-0.15, -0.1) is 11.3 Å². The van der Waals surface area contributed by atoms with Gasteiger partial charge in [0.25, 0.3) is 0 Å². The minimum Gasteiger partial charge on any atom is -0.360 e. The molecular formula is C20H27N5OS. The van der Waals surface area contributed by atoms with Gasteiger partial charge >= 0.3 is 0 Å². The van der Waals surface area contributed by atoms with Gasteiger partial charge in [-0.25, -0.2) is 0 Å². The zero-order chi connectivity index (χ0) is 19.1. The highest BCUT2D eigenvalue weighted by Crippen LogP contribution is 2.22. The molecule has 6 nitrogen and oxygen atoms in total. The van der Waals surface area contributed by atoms with Crippen LogP contribution in [0.3, 0.4) is 0 Å². The predicted octanol–water partition coefficient (Wildman–Crippen LogP) is 2.65. The monoisotopic (exact) mass is 385 g/mol. The van der Waals surface area contributed by atoms with Gasteiger partial charge in [0.05, 0.1) is 5.00 Å². The van der Waals surface area contributed by atoms with Crippen molar-refractivity contribution >= 4 is 33.9 Å². The number of nitrogens with one attached hydrogen (secondary N) is 2. The van der Waals surface area contributed by atoms with E-state index >= 15 is 0 Å². The van der Waals surface area contributed by atoms with Crippen LogP contribution in [0.1, 0.15) is 12.5 Å². The van der Waals surface area contributed by atoms with Crippen LogP contribution in [0.4, 0.5) is 10.7 Å². The van der Waals surface area contributed by atoms with Crippen LogP contribution >= 0.6 is 11.3 Å². The minimum atomic E-state index is -0.0487. The van der Waals surface area contributed by atoms with Crippen molar-refractivity contribution in [3.63, 3.8) is 0 Å². The summed E-state index contributed by atoms with van der Waals surface area (Å²) in [5, 5.41) is 9.74. The molecule has 0 bridgehead atoms. The maximum Gasteiger partial charge on any atom is 0.221 e. The molecule has 0 spiro atoms. The van der Waals surface area contributed by atoms with E-state index in [1.807, 2.05) is 19.2 Å². The summed E-state index contributed by atoms with van der Waals surface area (Å²) in [4.78, 5) is 20.3. The fourth-order valence-corrected chi connectivity index (χ4v) is 3.98. The first-order valence-electron chi connectivity index (χ1n) is 9.26. The Kier molecular flexibility index (Phi) is 6.70. The Bertz CT molecular complexity index is 749. The van der Waals surface area contributed by atoms with Crippen molar-refractivity contribution in [2.45, 2.75) is 13.3 Å². The lowest BCUT2D eigenvalue weighted by molar-refractivity contribution is -0.114. The second kappa shape index (κ2) is 9.41. The van der Waals surface area contributed by atoms with Gasteiger partial charge in [0.2, 0.25) is 5.91 Å². The Hall–Kier alpha value is -2.54. The molecule has 3 rings (SSSR count). The molecule has 2 N–H and O–H groups in total. The molecule has 144 valence electrons. The van der Waals surface area contributed by atoms with E-state index in [4.69, 9.17) is 0 Å². The standard InChI is InChI=1S/C20H27N5OS/c1-16(26)23-18-7-5-17(6-8-18)9-10-22-20(21-2)25-13-11-24(12-14-25)19-4-3-15-27-19/h3-8,15H,9-14H2,1-2H3,(H,21,22)(H,23,26). The van der Waals surface area contributed by atoms with Gasteiger partial charge in [0, 0.05) is 52.4 Å². The lowest BCUT2D eigenvalue weighted by Gasteiger charge is -2.37. The molecule has 7 heteroatoms. The van der Waals surface area contributed by atoms with Gasteiger partial charge in [-0.2, -0.15) is 0 Å². The molecule has 0 aliphatic carbocycles. The van der Waals surface area contributed by atoms with Crippen LogP contribution in [0.5, 0.6) is 0 Å². The number of hydrogen-bond donors (Lipinski definition) is 2. The maximum absolute atomic E-state index is 11.1. The summed E-state index contributed by atoms with van der Waals surface area (Å²) in [5.41, 5.74) is 2.06. The third-order valence-electron chi connectivity index (χ3n) is 4.58. The number of thiophene rings is 1. The SMILES string of the molecule is CN=C(NCCc1ccc(NC(C)=O)cc1)N1CCN(c2cccs2)CC1. The normalized spacial score (nSPS) is 15.0. The molecular weight excluding hydrogens is 358 g/mol. The highest BCUT2D eigenvalue weighted by atomic mass is 32.1. The van der Waals surface area contributed by atoms with Crippen molar-refractivity contribution < 1.29 is 4.79 Å². The zero-order valence-electron chi connectivity index (χ0n) is 15.9. The first-order valence-corrected chi connectivity index (χ1v) is 10.1. The molecule has 2 heterocycles. The van der Waals surface area contributed by atoms with E-state index in [-0.39, 0.29) is 5.91 Å². The first-order chi connectivity index (χ1) is 13.2. The first kappa shape index (κ1) is 19.2. The Morgan fingerprint density at radius 1 is 1.15 bits per heavy atom. The number of rotatable bonds is 5. The quantitative estimate of drug-likeness (QED) is 0.614. The predicted molar refractivity (Wildman–Crippen MR) is 114 cm³/mol. The van der Waals surface area contributed by atoms with Crippen LogP contribution in [-0.2, 0) is 11.2 Å². The number of carbonyl (C=O) groups excluding carboxylic acids is 1. The number of benzene rings is 1. The van der Waals surface area contributed by atoms with Crippen molar-refractivity contribution in [3.05, 3.63) is 47.3 Å². The Labute approximate surface area is 164 Å². The van der Waals surface area contributed by atoms with Crippen LogP contribution in [0, 0.1) is 0 Å². The lowest BCUT2D eigenvalue weighted by atomic mass is 10.1. The molecule has 2 aromatic rings. The second-order valence-electron chi connectivity index (χ2n) is 6.53. The van der Waals surface area contributed by atoms with E-state index in [1.165, 1.54) is 17.5 Å². The van der Waals surface area contributed by atoms with Crippen LogP contribution < -0.4 is 15.5 Å². The van der Waals surface area contributed by atoms with E-state index < -0.39 is 0 Å². The van der Waals surface area contributed by atoms with Crippen molar-refractivity contribution in [1.29, 1.82) is 0 Å². The molecule has 1 aromatic carbocycles. The van der Waals surface area contributed by atoms with Gasteiger partial charge in [-0.1, -0.05) is 12.1 Å². The van der Waals surface area contributed by atoms with Crippen LogP contribution in [-0.4, -0.2) is 56.5 Å². The van der Waals surface area contributed by atoms with Gasteiger partial charge in [-0.3, -0.25) is 9.79 Å². The fraction of sp³-hybridized carbons (Fsp3) is 0.400. The molecule has 0 unspecified atom stereocenters. The number of piperazine rings is 1. The van der Waals surface area contributed by atoms with Crippen molar-refractivity contribution in [1.82, 2.24) is 10.2 Å². The maximum atomic E-state index is 11.1. The van der Waals surface area contributed by atoms with Crippen molar-refractivity contribution in [2.75, 3.05) is 50.0 Å². The average molecular weight is 386 g/mol. The van der Waals surface area contributed by atoms with Gasteiger partial charge < -0.3 is 20.4 Å². The van der Waals surface area contributed by atoms with Gasteiger partial charge in [0.1, 0.15) is 0 Å². The number of amides is 1. The molecule has 1 aliphatic rings. The van der Waals surface area contributed by atoms with E-state index in [9.17, 15) is 4.79 Å². The summed E-state index contributed by atoms with van der Waals surface area (Å²) in [6, 6.07) is 12.3. The molecule has 1 fully saturated rings. The number of aliphatic imine (C=N–C) groups is 1. The molecule has 27 heavy (non-hydrogen) atoms. The molecule has 1 aromatic heterocycles. The van der Waals surface area contributed by atoms with Crippen molar-refractivity contribution in [2.24, 2.45) is 4.99 Å². The highest BCUT2D eigenvalue weighted by Gasteiger charge is 2.20. The largest absolute Gasteiger partial charge is 0.360 e. The number of carbonyl (C=O) groups is 1. The minimum absolute atomic E-state index is 0.0487. The summed E-state index contributed by atoms with van der Waals surface area (Å²) in [5.74, 6) is 0.920. The molecule has 0 radical (unpaired) electrons. The number of hydrogen-bond acceptors (Lipinski definition) is 4. The Morgan fingerprint density at radius 2 is 1.89 bits per heavy atom. The average Bonchev–Trinajstić information content (AvgIpc) is 3.21. The lowest BCUT2D eigenvalue weighted by Crippen LogP contribution is -2.52. The summed E-state index contributed by atoms with van der Waals surface area (Å²) in [6.07, 6.45) is 0.911. The Morgan fingerprint density at radius 3 is 2.48 bits per heavy atom. The van der Waals surface area contributed by atoms with E-state index in [0.717, 1.165) is 50.8 Å². The topological polar surface area (TPSA) is 60.0 Å². The highest BCUT2D eigenvalue weighted by molar-refractivity contribution is 7.14. The third kappa shape index (κ3) is 5.47. The molecule has 1 aliphatic heterocycles. The van der Waals surface area contributed by atoms with Crippen molar-refractivity contribution in [3.8, 4) is 0 Å². The number of anilines is 2. The Balaban J connectivity index is 1.44. The third-order valence-corrected chi connectivity index (χ3v) is 5.51. The molecule has 0 atom stereocenters. The van der Waals surface area contributed by atoms with E-state index in [2.05, 4.69) is 55.1 Å². The molecule has 1 saturated heterocycles. The summed E-state index contributed by atoms with van der Waals surface area (Å²) in [6.45, 7) is 6.34. The van der Waals surface area contributed by atoms with Gasteiger partial charge in [0.15, 0.2) is 5.96 Å². The van der Waals surface area contributed by atoms with Crippen LogP contribution in [0.2, 0.25) is 0 Å². The zero-order valence-corrected chi connectivity index (χ0v) is 16.8. The van der Waals surface area contributed by atoms with Crippen LogP contribution in [0.25, 0.3) is 0 Å². The number of guanidine groups is 1. The van der Waals surface area contributed by atoms with E-state index in [1.54, 1.807) is 11.3 Å². The molecule has 1 amide bonds.